The van der Waals surface area contributed by atoms with Crippen molar-refractivity contribution in [2.24, 2.45) is 0 Å². The highest BCUT2D eigenvalue weighted by molar-refractivity contribution is 5.95. The number of pyridine rings is 1. The fourth-order valence-electron chi connectivity index (χ4n) is 3.86. The van der Waals surface area contributed by atoms with Crippen LogP contribution in [0.25, 0.3) is 16.8 Å². The third-order valence-corrected chi connectivity index (χ3v) is 5.39. The Kier molecular flexibility index (Phi) is 5.09. The number of fused-ring (bicyclic) bond motifs is 1. The number of aliphatic hydroxyl groups is 1. The summed E-state index contributed by atoms with van der Waals surface area (Å²) in [6.07, 6.45) is -2.06. The lowest BCUT2D eigenvalue weighted by atomic mass is 9.94. The molecule has 2 aromatic heterocycles. The number of alkyl halides is 3. The van der Waals surface area contributed by atoms with Crippen LogP contribution in [0.2, 0.25) is 0 Å². The number of β-amino-alcohol motifs (C(OH)–C–C–N with tert-alkyl or cyclic N) is 1. The first-order chi connectivity index (χ1) is 14.5. The van der Waals surface area contributed by atoms with Gasteiger partial charge < -0.3 is 10.0 Å². The van der Waals surface area contributed by atoms with Gasteiger partial charge in [-0.2, -0.15) is 13.2 Å². The molecule has 0 spiro atoms. The molecule has 0 saturated carbocycles. The fraction of sp³-hybridized carbons (Fsp3) is 0.318. The molecule has 1 fully saturated rings. The minimum atomic E-state index is -4.74. The quantitative estimate of drug-likeness (QED) is 0.675. The van der Waals surface area contributed by atoms with E-state index < -0.39 is 23.0 Å². The average Bonchev–Trinajstić information content (AvgIpc) is 2.71. The van der Waals surface area contributed by atoms with Gasteiger partial charge in [-0.3, -0.25) is 14.0 Å². The lowest BCUT2D eigenvalue weighted by molar-refractivity contribution is -0.141. The Labute approximate surface area is 175 Å². The van der Waals surface area contributed by atoms with Crippen LogP contribution in [0, 0.1) is 0 Å². The minimum Gasteiger partial charge on any atom is -0.388 e. The van der Waals surface area contributed by atoms with Crippen molar-refractivity contribution in [3.63, 3.8) is 0 Å². The molecule has 9 heteroatoms. The maximum absolute atomic E-state index is 13.1. The number of rotatable bonds is 2. The summed E-state index contributed by atoms with van der Waals surface area (Å²) in [7, 11) is 0. The topological polar surface area (TPSA) is 74.9 Å². The van der Waals surface area contributed by atoms with E-state index in [0.717, 1.165) is 4.40 Å². The van der Waals surface area contributed by atoms with E-state index in [1.807, 2.05) is 0 Å². The zero-order valence-corrected chi connectivity index (χ0v) is 16.7. The van der Waals surface area contributed by atoms with Crippen LogP contribution in [0.3, 0.4) is 0 Å². The number of amides is 1. The Morgan fingerprint density at radius 3 is 2.55 bits per heavy atom. The summed E-state index contributed by atoms with van der Waals surface area (Å²) in [5.74, 6) is -0.224. The SMILES string of the molecule is CC1(O)CCCN(C(=O)c2ccc(-c3cccn4c(=O)cc(C(F)(F)F)nc34)cc2)C1. The number of aromatic nitrogens is 2. The molecule has 1 aliphatic heterocycles. The second-order valence-electron chi connectivity index (χ2n) is 8.00. The van der Waals surface area contributed by atoms with Gasteiger partial charge in [0.1, 0.15) is 5.65 Å². The number of piperidine rings is 1. The Hall–Kier alpha value is -3.20. The van der Waals surface area contributed by atoms with Crippen LogP contribution in [0.5, 0.6) is 0 Å². The molecule has 162 valence electrons. The highest BCUT2D eigenvalue weighted by Gasteiger charge is 2.34. The number of halogens is 3. The van der Waals surface area contributed by atoms with Gasteiger partial charge >= 0.3 is 6.18 Å². The third kappa shape index (κ3) is 4.18. The molecular formula is C22H20F3N3O3. The van der Waals surface area contributed by atoms with Crippen LogP contribution in [0.15, 0.2) is 53.5 Å². The number of carbonyl (C=O) groups is 1. The number of nitrogens with zero attached hydrogens (tertiary/aromatic N) is 3. The van der Waals surface area contributed by atoms with Crippen molar-refractivity contribution in [1.29, 1.82) is 0 Å². The number of likely N-dealkylation sites (tertiary alicyclic amines) is 1. The Morgan fingerprint density at radius 2 is 1.90 bits per heavy atom. The van der Waals surface area contributed by atoms with Gasteiger partial charge in [0.05, 0.1) is 5.60 Å². The molecule has 1 unspecified atom stereocenters. The van der Waals surface area contributed by atoms with Crippen molar-refractivity contribution in [2.75, 3.05) is 13.1 Å². The van der Waals surface area contributed by atoms with Crippen LogP contribution >= 0.6 is 0 Å². The predicted molar refractivity (Wildman–Crippen MR) is 108 cm³/mol. The standard InChI is InChI=1S/C22H20F3N3O3/c1-21(31)9-3-10-27(13-21)20(30)15-7-5-14(6-8-15)16-4-2-11-28-18(29)12-17(22(23,24)25)26-19(16)28/h2,4-8,11-12,31H,3,9-10,13H2,1H3. The van der Waals surface area contributed by atoms with Crippen LogP contribution in [0.4, 0.5) is 13.2 Å². The molecule has 1 N–H and O–H groups in total. The summed E-state index contributed by atoms with van der Waals surface area (Å²) in [6.45, 7) is 2.48. The molecule has 4 rings (SSSR count). The Balaban J connectivity index is 1.70. The molecule has 0 bridgehead atoms. The molecule has 3 heterocycles. The van der Waals surface area contributed by atoms with Crippen molar-refractivity contribution >= 4 is 11.6 Å². The van der Waals surface area contributed by atoms with Crippen molar-refractivity contribution in [3.05, 3.63) is 70.3 Å². The molecule has 6 nitrogen and oxygen atoms in total. The van der Waals surface area contributed by atoms with Gasteiger partial charge in [0.15, 0.2) is 5.69 Å². The lowest BCUT2D eigenvalue weighted by Crippen LogP contribution is -2.48. The molecule has 0 aliphatic carbocycles. The largest absolute Gasteiger partial charge is 0.433 e. The van der Waals surface area contributed by atoms with Gasteiger partial charge in [-0.1, -0.05) is 12.1 Å². The highest BCUT2D eigenvalue weighted by atomic mass is 19.4. The van der Waals surface area contributed by atoms with Crippen LogP contribution in [0.1, 0.15) is 35.8 Å². The second-order valence-corrected chi connectivity index (χ2v) is 8.00. The van der Waals surface area contributed by atoms with E-state index in [9.17, 15) is 27.9 Å². The van der Waals surface area contributed by atoms with E-state index in [1.165, 1.54) is 6.20 Å². The molecule has 1 amide bonds. The summed E-state index contributed by atoms with van der Waals surface area (Å²) < 4.78 is 40.5. The van der Waals surface area contributed by atoms with E-state index in [-0.39, 0.29) is 18.1 Å². The molecular weight excluding hydrogens is 411 g/mol. The van der Waals surface area contributed by atoms with Gasteiger partial charge in [0.25, 0.3) is 11.5 Å². The monoisotopic (exact) mass is 431 g/mol. The maximum Gasteiger partial charge on any atom is 0.433 e. The molecule has 1 aliphatic rings. The summed E-state index contributed by atoms with van der Waals surface area (Å²) in [5, 5.41) is 10.2. The summed E-state index contributed by atoms with van der Waals surface area (Å²) in [4.78, 5) is 30.2. The highest BCUT2D eigenvalue weighted by Crippen LogP contribution is 2.29. The van der Waals surface area contributed by atoms with Crippen LogP contribution < -0.4 is 5.56 Å². The molecule has 31 heavy (non-hydrogen) atoms. The van der Waals surface area contributed by atoms with Crippen LogP contribution in [-0.2, 0) is 6.18 Å². The predicted octanol–water partition coefficient (Wildman–Crippen LogP) is 3.37. The Bertz CT molecular complexity index is 1200. The van der Waals surface area contributed by atoms with Crippen molar-refractivity contribution < 1.29 is 23.1 Å². The van der Waals surface area contributed by atoms with Gasteiger partial charge in [0.2, 0.25) is 0 Å². The van der Waals surface area contributed by atoms with E-state index in [0.29, 0.717) is 42.1 Å². The van der Waals surface area contributed by atoms with Gasteiger partial charge in [-0.25, -0.2) is 4.98 Å². The smallest absolute Gasteiger partial charge is 0.388 e. The molecule has 3 aromatic rings. The minimum absolute atomic E-state index is 0.117. The lowest BCUT2D eigenvalue weighted by Gasteiger charge is -2.36. The first-order valence-corrected chi connectivity index (χ1v) is 9.77. The van der Waals surface area contributed by atoms with Gasteiger partial charge in [0, 0.05) is 36.5 Å². The molecule has 1 atom stereocenters. The molecule has 1 aromatic carbocycles. The van der Waals surface area contributed by atoms with E-state index in [4.69, 9.17) is 0 Å². The normalized spacial score (nSPS) is 19.6. The molecule has 1 saturated heterocycles. The van der Waals surface area contributed by atoms with Crippen molar-refractivity contribution in [2.45, 2.75) is 31.5 Å². The zero-order valence-electron chi connectivity index (χ0n) is 16.7. The maximum atomic E-state index is 13.1. The first kappa shape index (κ1) is 21.0. The Morgan fingerprint density at radius 1 is 1.19 bits per heavy atom. The van der Waals surface area contributed by atoms with E-state index >= 15 is 0 Å². The number of benzene rings is 1. The van der Waals surface area contributed by atoms with Crippen LogP contribution in [-0.4, -0.2) is 44.0 Å². The average molecular weight is 431 g/mol. The van der Waals surface area contributed by atoms with Gasteiger partial charge in [-0.15, -0.1) is 0 Å². The zero-order chi connectivity index (χ0) is 22.4. The van der Waals surface area contributed by atoms with Crippen molar-refractivity contribution in [1.82, 2.24) is 14.3 Å². The number of hydrogen-bond acceptors (Lipinski definition) is 4. The number of carbonyl (C=O) groups excluding carboxylic acids is 1. The molecule has 0 radical (unpaired) electrons. The van der Waals surface area contributed by atoms with E-state index in [2.05, 4.69) is 4.98 Å². The summed E-state index contributed by atoms with van der Waals surface area (Å²) >= 11 is 0. The first-order valence-electron chi connectivity index (χ1n) is 9.77. The fourth-order valence-corrected chi connectivity index (χ4v) is 3.86. The van der Waals surface area contributed by atoms with Crippen molar-refractivity contribution in [3.8, 4) is 11.1 Å². The third-order valence-electron chi connectivity index (χ3n) is 5.39. The summed E-state index contributed by atoms with van der Waals surface area (Å²) in [6, 6.07) is 9.96. The van der Waals surface area contributed by atoms with Gasteiger partial charge in [-0.05, 0) is 49.6 Å². The van der Waals surface area contributed by atoms with E-state index in [1.54, 1.807) is 48.2 Å². The second kappa shape index (κ2) is 7.49. The number of hydrogen-bond donors (Lipinski definition) is 1. The summed E-state index contributed by atoms with van der Waals surface area (Å²) in [5.41, 5.74) is -1.86.